The van der Waals surface area contributed by atoms with E-state index in [2.05, 4.69) is 19.2 Å². The van der Waals surface area contributed by atoms with E-state index in [9.17, 15) is 4.79 Å². The van der Waals surface area contributed by atoms with Crippen LogP contribution in [0, 0.1) is 12.8 Å². The van der Waals surface area contributed by atoms with E-state index in [1.807, 2.05) is 19.1 Å². The molecule has 106 valence electrons. The second-order valence-electron chi connectivity index (χ2n) is 5.09. The Hall–Kier alpha value is -1.55. The number of hydrogen-bond donors (Lipinski definition) is 2. The van der Waals surface area contributed by atoms with Gasteiger partial charge in [-0.1, -0.05) is 19.9 Å². The Bertz CT molecular complexity index is 430. The largest absolute Gasteiger partial charge is 0.496 e. The molecule has 1 rings (SSSR count). The number of benzene rings is 1. The first-order valence-electron chi connectivity index (χ1n) is 6.65. The van der Waals surface area contributed by atoms with Crippen LogP contribution in [-0.4, -0.2) is 25.6 Å². The molecule has 0 saturated heterocycles. The lowest BCUT2D eigenvalue weighted by Crippen LogP contribution is -2.39. The van der Waals surface area contributed by atoms with Gasteiger partial charge in [0, 0.05) is 11.6 Å². The third kappa shape index (κ3) is 4.24. The van der Waals surface area contributed by atoms with Gasteiger partial charge in [0.15, 0.2) is 0 Å². The van der Waals surface area contributed by atoms with Gasteiger partial charge in [-0.15, -0.1) is 0 Å². The van der Waals surface area contributed by atoms with Crippen LogP contribution >= 0.6 is 0 Å². The summed E-state index contributed by atoms with van der Waals surface area (Å²) in [6.07, 6.45) is 0.784. The molecule has 19 heavy (non-hydrogen) atoms. The Balaban J connectivity index is 2.82. The highest BCUT2D eigenvalue weighted by Crippen LogP contribution is 2.19. The number of nitrogens with one attached hydrogen (secondary N) is 1. The van der Waals surface area contributed by atoms with Gasteiger partial charge in [0.05, 0.1) is 7.11 Å². The lowest BCUT2D eigenvalue weighted by atomic mass is 10.0. The predicted octanol–water partition coefficient (Wildman–Crippen LogP) is 2.11. The molecule has 0 fully saturated rings. The molecule has 0 radical (unpaired) electrons. The molecule has 1 amide bonds. The van der Waals surface area contributed by atoms with Crippen LogP contribution in [0.1, 0.15) is 36.2 Å². The van der Waals surface area contributed by atoms with Crippen molar-refractivity contribution in [2.75, 3.05) is 13.7 Å². The summed E-state index contributed by atoms with van der Waals surface area (Å²) in [5.41, 5.74) is 7.21. The fraction of sp³-hybridized carbons (Fsp3) is 0.533. The van der Waals surface area contributed by atoms with Crippen molar-refractivity contribution in [3.8, 4) is 5.75 Å². The molecule has 1 unspecified atom stereocenters. The first kappa shape index (κ1) is 15.5. The number of aryl methyl sites for hydroxylation is 1. The maximum Gasteiger partial charge on any atom is 0.251 e. The van der Waals surface area contributed by atoms with Crippen LogP contribution < -0.4 is 15.8 Å². The molecule has 0 aliphatic carbocycles. The molecule has 1 atom stereocenters. The molecule has 1 aromatic carbocycles. The zero-order valence-corrected chi connectivity index (χ0v) is 12.2. The molecule has 1 aromatic rings. The van der Waals surface area contributed by atoms with E-state index < -0.39 is 0 Å². The zero-order chi connectivity index (χ0) is 14.4. The molecule has 0 heterocycles. The van der Waals surface area contributed by atoms with Crippen LogP contribution in [0.15, 0.2) is 18.2 Å². The summed E-state index contributed by atoms with van der Waals surface area (Å²) in [5.74, 6) is 1.01. The van der Waals surface area contributed by atoms with Gasteiger partial charge >= 0.3 is 0 Å². The highest BCUT2D eigenvalue weighted by molar-refractivity contribution is 5.94. The van der Waals surface area contributed by atoms with Crippen molar-refractivity contribution in [2.45, 2.75) is 33.2 Å². The number of ether oxygens (including phenoxy) is 1. The second kappa shape index (κ2) is 7.14. The molecular formula is C15H24N2O2. The van der Waals surface area contributed by atoms with E-state index in [0.717, 1.165) is 17.7 Å². The third-order valence-electron chi connectivity index (χ3n) is 3.27. The Labute approximate surface area is 115 Å². The van der Waals surface area contributed by atoms with Crippen molar-refractivity contribution in [3.63, 3.8) is 0 Å². The van der Waals surface area contributed by atoms with Crippen LogP contribution in [0.3, 0.4) is 0 Å². The number of carbonyl (C=O) groups is 1. The first-order valence-corrected chi connectivity index (χ1v) is 6.65. The number of nitrogens with two attached hydrogens (primary N) is 1. The van der Waals surface area contributed by atoms with Gasteiger partial charge in [-0.2, -0.15) is 0 Å². The van der Waals surface area contributed by atoms with E-state index >= 15 is 0 Å². The van der Waals surface area contributed by atoms with Crippen LogP contribution in [0.25, 0.3) is 0 Å². The molecule has 3 N–H and O–H groups in total. The van der Waals surface area contributed by atoms with Crippen molar-refractivity contribution >= 4 is 5.91 Å². The third-order valence-corrected chi connectivity index (χ3v) is 3.27. The smallest absolute Gasteiger partial charge is 0.251 e. The lowest BCUT2D eigenvalue weighted by Gasteiger charge is -2.22. The highest BCUT2D eigenvalue weighted by atomic mass is 16.5. The van der Waals surface area contributed by atoms with E-state index in [4.69, 9.17) is 10.5 Å². The van der Waals surface area contributed by atoms with Gasteiger partial charge in [0.25, 0.3) is 5.91 Å². The predicted molar refractivity (Wildman–Crippen MR) is 77.5 cm³/mol. The number of hydrogen-bond acceptors (Lipinski definition) is 3. The van der Waals surface area contributed by atoms with Crippen molar-refractivity contribution in [1.82, 2.24) is 5.32 Å². The second-order valence-corrected chi connectivity index (χ2v) is 5.09. The summed E-state index contributed by atoms with van der Waals surface area (Å²) in [6, 6.07) is 5.57. The summed E-state index contributed by atoms with van der Waals surface area (Å²) in [4.78, 5) is 12.2. The van der Waals surface area contributed by atoms with Crippen molar-refractivity contribution in [1.29, 1.82) is 0 Å². The summed E-state index contributed by atoms with van der Waals surface area (Å²) in [6.45, 7) is 6.68. The molecule has 0 spiro atoms. The van der Waals surface area contributed by atoms with Gasteiger partial charge < -0.3 is 15.8 Å². The fourth-order valence-corrected chi connectivity index (χ4v) is 1.96. The van der Waals surface area contributed by atoms with E-state index in [0.29, 0.717) is 18.0 Å². The van der Waals surface area contributed by atoms with Gasteiger partial charge in [-0.05, 0) is 43.5 Å². The van der Waals surface area contributed by atoms with Crippen LogP contribution in [0.4, 0.5) is 0 Å². The molecule has 0 saturated carbocycles. The maximum absolute atomic E-state index is 12.2. The van der Waals surface area contributed by atoms with Crippen LogP contribution in [0.5, 0.6) is 5.75 Å². The van der Waals surface area contributed by atoms with E-state index in [-0.39, 0.29) is 11.9 Å². The number of rotatable bonds is 6. The minimum Gasteiger partial charge on any atom is -0.496 e. The number of amides is 1. The van der Waals surface area contributed by atoms with Gasteiger partial charge in [0.1, 0.15) is 5.75 Å². The molecule has 0 aromatic heterocycles. The summed E-state index contributed by atoms with van der Waals surface area (Å²) in [7, 11) is 1.61. The summed E-state index contributed by atoms with van der Waals surface area (Å²) < 4.78 is 5.24. The molecule has 4 nitrogen and oxygen atoms in total. The summed E-state index contributed by atoms with van der Waals surface area (Å²) >= 11 is 0. The standard InChI is InChI=1S/C15H24N2O2/c1-10(2)13(7-8-16)17-15(18)12-6-5-11(3)14(9-12)19-4/h5-6,9-10,13H,7-8,16H2,1-4H3,(H,17,18). The normalized spacial score (nSPS) is 12.3. The number of carbonyl (C=O) groups excluding carboxylic acids is 1. The molecular weight excluding hydrogens is 240 g/mol. The fourth-order valence-electron chi connectivity index (χ4n) is 1.96. The first-order chi connectivity index (χ1) is 8.99. The van der Waals surface area contributed by atoms with Crippen molar-refractivity contribution in [3.05, 3.63) is 29.3 Å². The SMILES string of the molecule is COc1cc(C(=O)NC(CCN)C(C)C)ccc1C. The van der Waals surface area contributed by atoms with Gasteiger partial charge in [-0.25, -0.2) is 0 Å². The average molecular weight is 264 g/mol. The molecule has 0 aliphatic heterocycles. The van der Waals surface area contributed by atoms with Crippen LogP contribution in [0.2, 0.25) is 0 Å². The van der Waals surface area contributed by atoms with Crippen LogP contribution in [-0.2, 0) is 0 Å². The van der Waals surface area contributed by atoms with Crippen molar-refractivity contribution in [2.24, 2.45) is 11.7 Å². The highest BCUT2D eigenvalue weighted by Gasteiger charge is 2.17. The Morgan fingerprint density at radius 2 is 2.11 bits per heavy atom. The monoisotopic (exact) mass is 264 g/mol. The average Bonchev–Trinajstić information content (AvgIpc) is 2.38. The lowest BCUT2D eigenvalue weighted by molar-refractivity contribution is 0.0923. The van der Waals surface area contributed by atoms with E-state index in [1.165, 1.54) is 0 Å². The van der Waals surface area contributed by atoms with Gasteiger partial charge in [0.2, 0.25) is 0 Å². The van der Waals surface area contributed by atoms with Gasteiger partial charge in [-0.3, -0.25) is 4.79 Å². The topological polar surface area (TPSA) is 64.3 Å². The van der Waals surface area contributed by atoms with Crippen molar-refractivity contribution < 1.29 is 9.53 Å². The maximum atomic E-state index is 12.2. The minimum absolute atomic E-state index is 0.0783. The molecule has 4 heteroatoms. The number of methoxy groups -OCH3 is 1. The zero-order valence-electron chi connectivity index (χ0n) is 12.2. The minimum atomic E-state index is -0.0783. The van der Waals surface area contributed by atoms with E-state index in [1.54, 1.807) is 13.2 Å². The Kier molecular flexibility index (Phi) is 5.83. The Morgan fingerprint density at radius 3 is 2.63 bits per heavy atom. The molecule has 0 aliphatic rings. The Morgan fingerprint density at radius 1 is 1.42 bits per heavy atom. The molecule has 0 bridgehead atoms. The summed E-state index contributed by atoms with van der Waals surface area (Å²) in [5, 5.41) is 3.03. The quantitative estimate of drug-likeness (QED) is 0.827.